The molecule has 0 unspecified atom stereocenters. The second kappa shape index (κ2) is 4.88. The molecule has 0 rings (SSSR count). The van der Waals surface area contributed by atoms with Crippen LogP contribution in [0.2, 0.25) is 0 Å². The van der Waals surface area contributed by atoms with Crippen molar-refractivity contribution in [2.75, 3.05) is 6.61 Å². The molecule has 0 aliphatic heterocycles. The zero-order valence-corrected chi connectivity index (χ0v) is 6.33. The molecule has 0 fully saturated rings. The lowest BCUT2D eigenvalue weighted by Crippen LogP contribution is -1.98. The SMILES string of the molecule is C=NC(CO)=NC=C(C)C. The number of allylic oxidation sites excluding steroid dienone is 1. The number of amidine groups is 1. The van der Waals surface area contributed by atoms with E-state index in [2.05, 4.69) is 16.7 Å². The van der Waals surface area contributed by atoms with E-state index in [1.165, 1.54) is 0 Å². The maximum Gasteiger partial charge on any atom is 0.152 e. The summed E-state index contributed by atoms with van der Waals surface area (Å²) in [6.45, 7) is 6.92. The maximum atomic E-state index is 8.55. The molecule has 0 atom stereocenters. The van der Waals surface area contributed by atoms with Gasteiger partial charge in [-0.2, -0.15) is 0 Å². The van der Waals surface area contributed by atoms with Crippen molar-refractivity contribution < 1.29 is 5.11 Å². The fourth-order valence-electron chi connectivity index (χ4n) is 0.335. The van der Waals surface area contributed by atoms with Crippen LogP contribution < -0.4 is 0 Å². The predicted molar refractivity (Wildman–Crippen MR) is 43.5 cm³/mol. The third-order valence-corrected chi connectivity index (χ3v) is 0.796. The van der Waals surface area contributed by atoms with E-state index in [-0.39, 0.29) is 6.61 Å². The van der Waals surface area contributed by atoms with Gasteiger partial charge in [-0.25, -0.2) is 9.98 Å². The molecule has 0 aliphatic rings. The van der Waals surface area contributed by atoms with Crippen molar-refractivity contribution in [3.8, 4) is 0 Å². The van der Waals surface area contributed by atoms with Crippen molar-refractivity contribution in [3.05, 3.63) is 11.8 Å². The summed E-state index contributed by atoms with van der Waals surface area (Å²) in [5, 5.41) is 8.55. The molecule has 10 heavy (non-hydrogen) atoms. The Bertz CT molecular complexity index is 166. The second-order valence-corrected chi connectivity index (χ2v) is 2.07. The van der Waals surface area contributed by atoms with E-state index in [0.29, 0.717) is 5.84 Å². The number of aliphatic hydroxyl groups is 1. The Labute approximate surface area is 60.8 Å². The van der Waals surface area contributed by atoms with Crippen LogP contribution in [0.25, 0.3) is 0 Å². The fourth-order valence-corrected chi connectivity index (χ4v) is 0.335. The van der Waals surface area contributed by atoms with Gasteiger partial charge < -0.3 is 5.11 Å². The Morgan fingerprint density at radius 2 is 2.20 bits per heavy atom. The molecule has 0 bridgehead atoms. The van der Waals surface area contributed by atoms with Gasteiger partial charge in [0, 0.05) is 6.20 Å². The van der Waals surface area contributed by atoms with Crippen LogP contribution in [0, 0.1) is 0 Å². The summed E-state index contributed by atoms with van der Waals surface area (Å²) < 4.78 is 0. The summed E-state index contributed by atoms with van der Waals surface area (Å²) in [7, 11) is 0. The van der Waals surface area contributed by atoms with Gasteiger partial charge in [-0.1, -0.05) is 5.57 Å². The topological polar surface area (TPSA) is 45.0 Å². The van der Waals surface area contributed by atoms with Crippen LogP contribution >= 0.6 is 0 Å². The van der Waals surface area contributed by atoms with Gasteiger partial charge in [0.25, 0.3) is 0 Å². The zero-order valence-electron chi connectivity index (χ0n) is 6.33. The van der Waals surface area contributed by atoms with Gasteiger partial charge in [0.15, 0.2) is 5.84 Å². The highest BCUT2D eigenvalue weighted by atomic mass is 16.3. The minimum absolute atomic E-state index is 0.159. The third-order valence-electron chi connectivity index (χ3n) is 0.796. The maximum absolute atomic E-state index is 8.55. The van der Waals surface area contributed by atoms with Crippen LogP contribution in [0.1, 0.15) is 13.8 Å². The standard InChI is InChI=1S/C7H12N2O/c1-6(2)4-9-7(5-10)8-3/h4,10H,3,5H2,1-2H3. The normalized spacial score (nSPS) is 10.9. The molecule has 0 saturated carbocycles. The first-order chi connectivity index (χ1) is 4.70. The Kier molecular flexibility index (Phi) is 4.41. The number of rotatable bonds is 2. The highest BCUT2D eigenvalue weighted by molar-refractivity contribution is 5.87. The van der Waals surface area contributed by atoms with Gasteiger partial charge in [0.2, 0.25) is 0 Å². The van der Waals surface area contributed by atoms with Gasteiger partial charge >= 0.3 is 0 Å². The van der Waals surface area contributed by atoms with Crippen LogP contribution in [0.4, 0.5) is 0 Å². The molecular formula is C7H12N2O. The molecule has 3 nitrogen and oxygen atoms in total. The van der Waals surface area contributed by atoms with Crippen molar-refractivity contribution in [2.24, 2.45) is 9.98 Å². The highest BCUT2D eigenvalue weighted by Crippen LogP contribution is 1.89. The van der Waals surface area contributed by atoms with Gasteiger partial charge in [-0.3, -0.25) is 0 Å². The molecule has 0 heterocycles. The van der Waals surface area contributed by atoms with Crippen molar-refractivity contribution in [3.63, 3.8) is 0 Å². The summed E-state index contributed by atoms with van der Waals surface area (Å²) in [6, 6.07) is 0. The zero-order chi connectivity index (χ0) is 7.98. The molecule has 0 radical (unpaired) electrons. The summed E-state index contributed by atoms with van der Waals surface area (Å²) in [5.41, 5.74) is 1.06. The molecule has 3 heteroatoms. The quantitative estimate of drug-likeness (QED) is 0.451. The number of nitrogens with zero attached hydrogens (tertiary/aromatic N) is 2. The van der Waals surface area contributed by atoms with Crippen LogP contribution in [0.5, 0.6) is 0 Å². The smallest absolute Gasteiger partial charge is 0.152 e. The average Bonchev–Trinajstić information content (AvgIpc) is 1.90. The lowest BCUT2D eigenvalue weighted by atomic mass is 10.4. The number of hydrogen-bond donors (Lipinski definition) is 1. The van der Waals surface area contributed by atoms with E-state index in [4.69, 9.17) is 5.11 Å². The first kappa shape index (κ1) is 9.04. The number of hydrogen-bond acceptors (Lipinski definition) is 2. The van der Waals surface area contributed by atoms with E-state index in [1.807, 2.05) is 13.8 Å². The van der Waals surface area contributed by atoms with Crippen molar-refractivity contribution >= 4 is 12.6 Å². The monoisotopic (exact) mass is 140 g/mol. The van der Waals surface area contributed by atoms with Gasteiger partial charge in [-0.15, -0.1) is 0 Å². The fraction of sp³-hybridized carbons (Fsp3) is 0.429. The lowest BCUT2D eigenvalue weighted by molar-refractivity contribution is 0.356. The molecule has 0 amide bonds. The van der Waals surface area contributed by atoms with E-state index in [1.54, 1.807) is 6.20 Å². The molecule has 0 aromatic rings. The lowest BCUT2D eigenvalue weighted by Gasteiger charge is -1.89. The first-order valence-electron chi connectivity index (χ1n) is 2.98. The van der Waals surface area contributed by atoms with Gasteiger partial charge in [0.05, 0.1) is 0 Å². The molecule has 0 aromatic carbocycles. The second-order valence-electron chi connectivity index (χ2n) is 2.07. The molecule has 0 aromatic heterocycles. The first-order valence-corrected chi connectivity index (χ1v) is 2.98. The molecule has 0 saturated heterocycles. The molecule has 0 spiro atoms. The number of aliphatic imine (C=N–C) groups is 2. The van der Waals surface area contributed by atoms with Crippen LogP contribution in [-0.4, -0.2) is 24.3 Å². The van der Waals surface area contributed by atoms with E-state index < -0.39 is 0 Å². The van der Waals surface area contributed by atoms with Gasteiger partial charge in [0.1, 0.15) is 6.61 Å². The third kappa shape index (κ3) is 3.97. The molecule has 56 valence electrons. The van der Waals surface area contributed by atoms with E-state index in [0.717, 1.165) is 5.57 Å². The summed E-state index contributed by atoms with van der Waals surface area (Å²) >= 11 is 0. The predicted octanol–water partition coefficient (Wildman–Crippen LogP) is 1.00. The average molecular weight is 140 g/mol. The molecule has 0 aliphatic carbocycles. The Morgan fingerprint density at radius 1 is 1.60 bits per heavy atom. The molecule has 1 N–H and O–H groups in total. The largest absolute Gasteiger partial charge is 0.388 e. The van der Waals surface area contributed by atoms with Crippen molar-refractivity contribution in [1.29, 1.82) is 0 Å². The Balaban J connectivity index is 4.12. The van der Waals surface area contributed by atoms with Crippen molar-refractivity contribution in [2.45, 2.75) is 13.8 Å². The van der Waals surface area contributed by atoms with Gasteiger partial charge in [-0.05, 0) is 20.6 Å². The molecular weight excluding hydrogens is 128 g/mol. The van der Waals surface area contributed by atoms with Crippen LogP contribution in [0.15, 0.2) is 21.8 Å². The Hall–Kier alpha value is -0.960. The number of aliphatic hydroxyl groups excluding tert-OH is 1. The minimum atomic E-state index is -0.159. The summed E-state index contributed by atoms with van der Waals surface area (Å²) in [6.07, 6.45) is 1.64. The minimum Gasteiger partial charge on any atom is -0.388 e. The highest BCUT2D eigenvalue weighted by Gasteiger charge is 1.86. The summed E-state index contributed by atoms with van der Waals surface area (Å²) in [4.78, 5) is 7.32. The van der Waals surface area contributed by atoms with Crippen LogP contribution in [0.3, 0.4) is 0 Å². The van der Waals surface area contributed by atoms with E-state index in [9.17, 15) is 0 Å². The Morgan fingerprint density at radius 3 is 2.50 bits per heavy atom. The summed E-state index contributed by atoms with van der Waals surface area (Å²) in [5.74, 6) is 0.348. The van der Waals surface area contributed by atoms with Crippen molar-refractivity contribution in [1.82, 2.24) is 0 Å². The van der Waals surface area contributed by atoms with Crippen LogP contribution in [-0.2, 0) is 0 Å². The van der Waals surface area contributed by atoms with E-state index >= 15 is 0 Å².